The first-order chi connectivity index (χ1) is 11.5. The molecule has 1 aliphatic rings. The first-order valence-electron chi connectivity index (χ1n) is 9.33. The van der Waals surface area contributed by atoms with Crippen LogP contribution in [0.15, 0.2) is 24.3 Å². The highest BCUT2D eigenvalue weighted by atomic mass is 35.5. The molecule has 1 amide bonds. The molecule has 0 saturated carbocycles. The number of carbonyl (C=O) groups is 1. The Balaban J connectivity index is 1.81. The van der Waals surface area contributed by atoms with Crippen LogP contribution in [0.1, 0.15) is 59.4 Å². The lowest BCUT2D eigenvalue weighted by Crippen LogP contribution is -2.49. The fourth-order valence-corrected chi connectivity index (χ4v) is 4.13. The lowest BCUT2D eigenvalue weighted by Gasteiger charge is -2.36. The second-order valence-corrected chi connectivity index (χ2v) is 9.72. The third-order valence-electron chi connectivity index (χ3n) is 4.71. The van der Waals surface area contributed by atoms with Crippen LogP contribution in [-0.4, -0.2) is 29.4 Å². The van der Waals surface area contributed by atoms with Gasteiger partial charge in [-0.3, -0.25) is 9.69 Å². The molecule has 3 nitrogen and oxygen atoms in total. The summed E-state index contributed by atoms with van der Waals surface area (Å²) in [5.74, 6) is 0.362. The van der Waals surface area contributed by atoms with Crippen LogP contribution in [0.2, 0.25) is 5.02 Å². The Morgan fingerprint density at radius 3 is 2.20 bits per heavy atom. The molecular weight excluding hydrogens is 332 g/mol. The maximum absolute atomic E-state index is 12.7. The molecule has 0 spiro atoms. The predicted octanol–water partition coefficient (Wildman–Crippen LogP) is 4.88. The summed E-state index contributed by atoms with van der Waals surface area (Å²) in [7, 11) is 0. The molecule has 0 bridgehead atoms. The molecule has 140 valence electrons. The van der Waals surface area contributed by atoms with Crippen LogP contribution >= 0.6 is 11.6 Å². The first kappa shape index (κ1) is 20.3. The Labute approximate surface area is 158 Å². The maximum Gasteiger partial charge on any atom is 0.223 e. The minimum absolute atomic E-state index is 0.140. The number of halogens is 1. The Morgan fingerprint density at radius 1 is 1.12 bits per heavy atom. The van der Waals surface area contributed by atoms with Crippen molar-refractivity contribution >= 4 is 17.5 Å². The van der Waals surface area contributed by atoms with E-state index >= 15 is 0 Å². The molecule has 4 heteroatoms. The molecule has 25 heavy (non-hydrogen) atoms. The standard InChI is InChI=1S/C21H33ClN2O/c1-20(2,3)15-21(4,5)23-19(25)17-10-12-24(13-11-17)14-16-6-8-18(22)9-7-16/h6-9,17H,10-15H2,1-5H3,(H,23,25). The monoisotopic (exact) mass is 364 g/mol. The third-order valence-corrected chi connectivity index (χ3v) is 4.96. The van der Waals surface area contributed by atoms with E-state index < -0.39 is 0 Å². The summed E-state index contributed by atoms with van der Waals surface area (Å²) in [6.07, 6.45) is 2.84. The molecule has 1 fully saturated rings. The molecule has 0 unspecified atom stereocenters. The van der Waals surface area contributed by atoms with Crippen LogP contribution in [0.3, 0.4) is 0 Å². The molecule has 0 aliphatic carbocycles. The van der Waals surface area contributed by atoms with Crippen LogP contribution < -0.4 is 5.32 Å². The summed E-state index contributed by atoms with van der Waals surface area (Å²) in [6.45, 7) is 13.8. The smallest absolute Gasteiger partial charge is 0.223 e. The van der Waals surface area contributed by atoms with Gasteiger partial charge in [0, 0.05) is 23.0 Å². The first-order valence-corrected chi connectivity index (χ1v) is 9.71. The molecule has 1 heterocycles. The number of rotatable bonds is 5. The summed E-state index contributed by atoms with van der Waals surface area (Å²) < 4.78 is 0. The number of carbonyl (C=O) groups excluding carboxylic acids is 1. The van der Waals surface area contributed by atoms with E-state index in [2.05, 4.69) is 57.0 Å². The fraction of sp³-hybridized carbons (Fsp3) is 0.667. The number of nitrogens with zero attached hydrogens (tertiary/aromatic N) is 1. The minimum Gasteiger partial charge on any atom is -0.351 e. The largest absolute Gasteiger partial charge is 0.351 e. The zero-order valence-corrected chi connectivity index (χ0v) is 17.1. The van der Waals surface area contributed by atoms with Crippen molar-refractivity contribution in [2.45, 2.75) is 66.0 Å². The van der Waals surface area contributed by atoms with Crippen molar-refractivity contribution in [3.8, 4) is 0 Å². The predicted molar refractivity (Wildman–Crippen MR) is 106 cm³/mol. The van der Waals surface area contributed by atoms with Gasteiger partial charge in [0.2, 0.25) is 5.91 Å². The zero-order chi connectivity index (χ0) is 18.7. The Kier molecular flexibility index (Phi) is 6.56. The zero-order valence-electron chi connectivity index (χ0n) is 16.4. The van der Waals surface area contributed by atoms with Gasteiger partial charge in [0.1, 0.15) is 0 Å². The molecule has 0 aromatic heterocycles. The van der Waals surface area contributed by atoms with Gasteiger partial charge in [0.05, 0.1) is 0 Å². The number of piperidine rings is 1. The van der Waals surface area contributed by atoms with Crippen molar-refractivity contribution in [3.63, 3.8) is 0 Å². The van der Waals surface area contributed by atoms with Gasteiger partial charge in [-0.05, 0) is 69.3 Å². The van der Waals surface area contributed by atoms with Crippen LogP contribution in [0.25, 0.3) is 0 Å². The highest BCUT2D eigenvalue weighted by Gasteiger charge is 2.31. The highest BCUT2D eigenvalue weighted by molar-refractivity contribution is 6.30. The van der Waals surface area contributed by atoms with E-state index in [4.69, 9.17) is 11.6 Å². The molecule has 1 aromatic rings. The van der Waals surface area contributed by atoms with Gasteiger partial charge < -0.3 is 5.32 Å². The van der Waals surface area contributed by atoms with E-state index in [0.717, 1.165) is 43.9 Å². The molecule has 1 N–H and O–H groups in total. The molecule has 1 aromatic carbocycles. The number of hydrogen-bond donors (Lipinski definition) is 1. The van der Waals surface area contributed by atoms with E-state index in [1.54, 1.807) is 0 Å². The summed E-state index contributed by atoms with van der Waals surface area (Å²) in [4.78, 5) is 15.1. The molecule has 0 radical (unpaired) electrons. The number of likely N-dealkylation sites (tertiary alicyclic amines) is 1. The number of benzene rings is 1. The van der Waals surface area contributed by atoms with Gasteiger partial charge in [-0.25, -0.2) is 0 Å². The van der Waals surface area contributed by atoms with Gasteiger partial charge in [-0.1, -0.05) is 44.5 Å². The fourth-order valence-electron chi connectivity index (χ4n) is 4.01. The van der Waals surface area contributed by atoms with E-state index in [-0.39, 0.29) is 22.8 Å². The second kappa shape index (κ2) is 8.09. The molecule has 1 aliphatic heterocycles. The van der Waals surface area contributed by atoms with Gasteiger partial charge in [0.15, 0.2) is 0 Å². The van der Waals surface area contributed by atoms with Crippen molar-refractivity contribution in [1.29, 1.82) is 0 Å². The van der Waals surface area contributed by atoms with Crippen molar-refractivity contribution in [3.05, 3.63) is 34.9 Å². The average Bonchev–Trinajstić information content (AvgIpc) is 2.47. The average molecular weight is 365 g/mol. The highest BCUT2D eigenvalue weighted by Crippen LogP contribution is 2.28. The number of amides is 1. The van der Waals surface area contributed by atoms with E-state index in [1.165, 1.54) is 5.56 Å². The Hall–Kier alpha value is -1.06. The van der Waals surface area contributed by atoms with Gasteiger partial charge >= 0.3 is 0 Å². The normalized spacial score (nSPS) is 17.5. The van der Waals surface area contributed by atoms with Crippen LogP contribution in [0.5, 0.6) is 0 Å². The molecule has 2 rings (SSSR count). The van der Waals surface area contributed by atoms with Gasteiger partial charge in [-0.2, -0.15) is 0 Å². The van der Waals surface area contributed by atoms with Crippen LogP contribution in [-0.2, 0) is 11.3 Å². The quantitative estimate of drug-likeness (QED) is 0.807. The third kappa shape index (κ3) is 6.99. The van der Waals surface area contributed by atoms with E-state index in [0.29, 0.717) is 0 Å². The molecule has 1 saturated heterocycles. The number of hydrogen-bond acceptors (Lipinski definition) is 2. The summed E-state index contributed by atoms with van der Waals surface area (Å²) >= 11 is 5.94. The van der Waals surface area contributed by atoms with Gasteiger partial charge in [0.25, 0.3) is 0 Å². The van der Waals surface area contributed by atoms with Crippen molar-refractivity contribution < 1.29 is 4.79 Å². The summed E-state index contributed by atoms with van der Waals surface area (Å²) in [5, 5.41) is 4.06. The molecular formula is C21H33ClN2O. The minimum atomic E-state index is -0.157. The summed E-state index contributed by atoms with van der Waals surface area (Å²) in [6, 6.07) is 8.04. The van der Waals surface area contributed by atoms with E-state index in [1.807, 2.05) is 12.1 Å². The van der Waals surface area contributed by atoms with Crippen molar-refractivity contribution in [1.82, 2.24) is 10.2 Å². The van der Waals surface area contributed by atoms with Crippen molar-refractivity contribution in [2.24, 2.45) is 11.3 Å². The lowest BCUT2D eigenvalue weighted by molar-refractivity contribution is -0.128. The Morgan fingerprint density at radius 2 is 1.68 bits per heavy atom. The molecule has 0 atom stereocenters. The lowest BCUT2D eigenvalue weighted by atomic mass is 9.81. The summed E-state index contributed by atoms with van der Waals surface area (Å²) in [5.41, 5.74) is 1.33. The SMILES string of the molecule is CC(C)(C)CC(C)(C)NC(=O)C1CCN(Cc2ccc(Cl)cc2)CC1. The van der Waals surface area contributed by atoms with Crippen molar-refractivity contribution in [2.75, 3.05) is 13.1 Å². The Bertz CT molecular complexity index is 567. The van der Waals surface area contributed by atoms with E-state index in [9.17, 15) is 4.79 Å². The maximum atomic E-state index is 12.7. The van der Waals surface area contributed by atoms with Crippen LogP contribution in [0, 0.1) is 11.3 Å². The second-order valence-electron chi connectivity index (χ2n) is 9.29. The number of nitrogens with one attached hydrogen (secondary N) is 1. The topological polar surface area (TPSA) is 32.3 Å². The van der Waals surface area contributed by atoms with Crippen LogP contribution in [0.4, 0.5) is 0 Å². The van der Waals surface area contributed by atoms with Gasteiger partial charge in [-0.15, -0.1) is 0 Å².